The number of ketones is 2. The normalized spacial score (nSPS) is 26.5. The maximum absolute atomic E-state index is 13.8. The Bertz CT molecular complexity index is 1530. The molecule has 1 unspecified atom stereocenters. The molecule has 5 rings (SSSR count). The fourth-order valence-corrected chi connectivity index (χ4v) is 6.61. The lowest BCUT2D eigenvalue weighted by Gasteiger charge is -2.50. The number of hydrogen-bond donors (Lipinski definition) is 6. The molecule has 2 aromatic carbocycles. The molecule has 0 heterocycles. The summed E-state index contributed by atoms with van der Waals surface area (Å²) in [7, 11) is 3.16. The van der Waals surface area contributed by atoms with Crippen LogP contribution in [0.1, 0.15) is 46.4 Å². The SMILES string of the molecule is CC(NCc1ccc(O)c2c1C[C@H]1C[C@H]3[C@H](N(C)C)C(O)=C(C(N)=O)C(=O)[C@@]3(O)C(O)=C1C2=O)c1ccc(F)cc1. The number of aliphatic hydroxyl groups is 3. The number of primary amides is 1. The number of aliphatic hydroxyl groups excluding tert-OH is 2. The van der Waals surface area contributed by atoms with E-state index in [4.69, 9.17) is 5.73 Å². The molecule has 10 nitrogen and oxygen atoms in total. The Labute approximate surface area is 235 Å². The van der Waals surface area contributed by atoms with Crippen LogP contribution < -0.4 is 11.1 Å². The fraction of sp³-hybridized carbons (Fsp3) is 0.367. The van der Waals surface area contributed by atoms with E-state index in [1.54, 1.807) is 32.3 Å². The second kappa shape index (κ2) is 10.1. The highest BCUT2D eigenvalue weighted by atomic mass is 19.1. The third kappa shape index (κ3) is 4.32. The molecule has 0 aliphatic heterocycles. The van der Waals surface area contributed by atoms with Gasteiger partial charge in [0.1, 0.15) is 28.7 Å². The Morgan fingerprint density at radius 3 is 2.41 bits per heavy atom. The van der Waals surface area contributed by atoms with Crippen molar-refractivity contribution in [2.45, 2.75) is 44.0 Å². The van der Waals surface area contributed by atoms with Crippen molar-refractivity contribution in [3.8, 4) is 5.75 Å². The largest absolute Gasteiger partial charge is 0.510 e. The monoisotopic (exact) mass is 565 g/mol. The number of aromatic hydroxyl groups is 1. The number of phenols is 1. The van der Waals surface area contributed by atoms with Gasteiger partial charge >= 0.3 is 0 Å². The minimum Gasteiger partial charge on any atom is -0.510 e. The van der Waals surface area contributed by atoms with E-state index in [1.807, 2.05) is 6.92 Å². The van der Waals surface area contributed by atoms with Crippen LogP contribution in [-0.4, -0.2) is 68.5 Å². The lowest BCUT2D eigenvalue weighted by molar-refractivity contribution is -0.148. The first-order chi connectivity index (χ1) is 19.3. The van der Waals surface area contributed by atoms with Gasteiger partial charge in [-0.1, -0.05) is 18.2 Å². The molecule has 1 amide bonds. The highest BCUT2D eigenvalue weighted by Gasteiger charge is 2.63. The topological polar surface area (TPSA) is 173 Å². The average molecular weight is 566 g/mol. The van der Waals surface area contributed by atoms with Crippen LogP contribution in [0.5, 0.6) is 5.75 Å². The molecule has 0 bridgehead atoms. The van der Waals surface area contributed by atoms with Gasteiger partial charge in [0.05, 0.1) is 11.6 Å². The van der Waals surface area contributed by atoms with Crippen molar-refractivity contribution in [2.24, 2.45) is 17.6 Å². The van der Waals surface area contributed by atoms with Gasteiger partial charge in [-0.05, 0) is 74.7 Å². The highest BCUT2D eigenvalue weighted by molar-refractivity contribution is 6.24. The first-order valence-electron chi connectivity index (χ1n) is 13.3. The van der Waals surface area contributed by atoms with Crippen LogP contribution >= 0.6 is 0 Å². The Hall–Kier alpha value is -4.06. The molecule has 0 radical (unpaired) electrons. The third-order valence-electron chi connectivity index (χ3n) is 8.67. The van der Waals surface area contributed by atoms with Gasteiger partial charge in [0, 0.05) is 24.1 Å². The molecular weight excluding hydrogens is 533 g/mol. The average Bonchev–Trinajstić information content (AvgIpc) is 2.90. The zero-order valence-electron chi connectivity index (χ0n) is 22.8. The summed E-state index contributed by atoms with van der Waals surface area (Å²) < 4.78 is 13.3. The maximum Gasteiger partial charge on any atom is 0.255 e. The number of phenolic OH excluding ortho intramolecular Hbond substituents is 1. The van der Waals surface area contributed by atoms with Crippen molar-refractivity contribution in [1.29, 1.82) is 0 Å². The summed E-state index contributed by atoms with van der Waals surface area (Å²) >= 11 is 0. The number of carbonyl (C=O) groups is 3. The molecule has 0 fully saturated rings. The summed E-state index contributed by atoms with van der Waals surface area (Å²) in [6, 6.07) is 7.94. The van der Waals surface area contributed by atoms with Gasteiger partial charge in [-0.15, -0.1) is 0 Å². The van der Waals surface area contributed by atoms with Crippen molar-refractivity contribution in [2.75, 3.05) is 14.1 Å². The number of fused-ring (bicyclic) bond motifs is 3. The number of carbonyl (C=O) groups excluding carboxylic acids is 3. The van der Waals surface area contributed by atoms with E-state index in [2.05, 4.69) is 5.32 Å². The molecule has 41 heavy (non-hydrogen) atoms. The molecular formula is C30H32FN3O7. The number of likely N-dealkylation sites (N-methyl/N-ethyl adjacent to an activating group) is 1. The maximum atomic E-state index is 13.8. The van der Waals surface area contributed by atoms with Crippen LogP contribution in [0.3, 0.4) is 0 Å². The van der Waals surface area contributed by atoms with Crippen molar-refractivity contribution in [1.82, 2.24) is 10.2 Å². The number of nitrogens with zero attached hydrogens (tertiary/aromatic N) is 1. The zero-order chi connectivity index (χ0) is 30.0. The fourth-order valence-electron chi connectivity index (χ4n) is 6.61. The molecule has 5 atom stereocenters. The number of Topliss-reactive ketones (excluding diaryl/α,β-unsaturated/α-hetero) is 2. The summed E-state index contributed by atoms with van der Waals surface area (Å²) in [5, 5.41) is 48.0. The molecule has 0 saturated carbocycles. The quantitative estimate of drug-likeness (QED) is 0.287. The van der Waals surface area contributed by atoms with E-state index in [9.17, 15) is 39.2 Å². The zero-order valence-corrected chi connectivity index (χ0v) is 22.8. The molecule has 7 N–H and O–H groups in total. The second-order valence-electron chi connectivity index (χ2n) is 11.2. The minimum atomic E-state index is -2.68. The molecule has 0 spiro atoms. The van der Waals surface area contributed by atoms with Gasteiger partial charge in [0.15, 0.2) is 11.4 Å². The van der Waals surface area contributed by atoms with E-state index >= 15 is 0 Å². The number of benzene rings is 2. The van der Waals surface area contributed by atoms with Crippen molar-refractivity contribution in [3.63, 3.8) is 0 Å². The van der Waals surface area contributed by atoms with Crippen LogP contribution in [0.2, 0.25) is 0 Å². The van der Waals surface area contributed by atoms with Crippen molar-refractivity contribution in [3.05, 3.63) is 87.1 Å². The van der Waals surface area contributed by atoms with Crippen molar-refractivity contribution >= 4 is 17.5 Å². The molecule has 3 aliphatic carbocycles. The van der Waals surface area contributed by atoms with Gasteiger partial charge in [-0.2, -0.15) is 0 Å². The van der Waals surface area contributed by atoms with Crippen LogP contribution in [0.4, 0.5) is 4.39 Å². The smallest absolute Gasteiger partial charge is 0.255 e. The Balaban J connectivity index is 1.56. The number of halogens is 1. The minimum absolute atomic E-state index is 0.0142. The van der Waals surface area contributed by atoms with Crippen LogP contribution in [0, 0.1) is 17.7 Å². The number of allylic oxidation sites excluding steroid dienone is 1. The molecule has 0 aromatic heterocycles. The van der Waals surface area contributed by atoms with Crippen LogP contribution in [0.25, 0.3) is 0 Å². The summed E-state index contributed by atoms with van der Waals surface area (Å²) in [4.78, 5) is 40.8. The molecule has 0 saturated heterocycles. The van der Waals surface area contributed by atoms with E-state index in [0.717, 1.165) is 11.1 Å². The third-order valence-corrected chi connectivity index (χ3v) is 8.67. The summed E-state index contributed by atoms with van der Waals surface area (Å²) in [6.45, 7) is 2.22. The number of nitrogens with one attached hydrogen (secondary N) is 1. The first kappa shape index (κ1) is 28.5. The number of hydrogen-bond acceptors (Lipinski definition) is 9. The molecule has 3 aliphatic rings. The highest BCUT2D eigenvalue weighted by Crippen LogP contribution is 2.52. The van der Waals surface area contributed by atoms with E-state index < -0.39 is 58.0 Å². The summed E-state index contributed by atoms with van der Waals surface area (Å²) in [5.41, 5.74) is 3.74. The Morgan fingerprint density at radius 2 is 1.80 bits per heavy atom. The first-order valence-corrected chi connectivity index (χ1v) is 13.3. The molecule has 11 heteroatoms. The van der Waals surface area contributed by atoms with E-state index in [1.165, 1.54) is 23.1 Å². The second-order valence-corrected chi connectivity index (χ2v) is 11.2. The molecule has 216 valence electrons. The van der Waals surface area contributed by atoms with Crippen LogP contribution in [-0.2, 0) is 22.6 Å². The van der Waals surface area contributed by atoms with Gasteiger partial charge in [0.2, 0.25) is 5.78 Å². The number of nitrogens with two attached hydrogens (primary N) is 1. The van der Waals surface area contributed by atoms with E-state index in [-0.39, 0.29) is 41.6 Å². The van der Waals surface area contributed by atoms with Crippen molar-refractivity contribution < 1.29 is 39.2 Å². The van der Waals surface area contributed by atoms with E-state index in [0.29, 0.717) is 12.1 Å². The standard InChI is InChI=1S/C30H32FN3O7/c1-13(14-4-7-17(31)8-5-14)33-12-15-6-9-20(35)22-18(15)10-16-11-19-24(34(2)3)26(37)23(29(32)40)28(39)30(19,41)27(38)21(16)25(22)36/h4-9,13,16,19,24,33,35,37-38,41H,10-12H2,1-3H3,(H2,32,40)/t13?,16-,19-,24-,30-/m0/s1. The van der Waals surface area contributed by atoms with Gasteiger partial charge in [-0.3, -0.25) is 19.3 Å². The summed E-state index contributed by atoms with van der Waals surface area (Å²) in [5.74, 6) is -7.19. The van der Waals surface area contributed by atoms with Gasteiger partial charge < -0.3 is 31.5 Å². The number of rotatable bonds is 6. The Kier molecular flexibility index (Phi) is 7.01. The molecule has 2 aromatic rings. The van der Waals surface area contributed by atoms with Gasteiger partial charge in [-0.25, -0.2) is 4.39 Å². The van der Waals surface area contributed by atoms with Gasteiger partial charge in [0.25, 0.3) is 5.91 Å². The predicted octanol–water partition coefficient (Wildman–Crippen LogP) is 2.11. The predicted molar refractivity (Wildman–Crippen MR) is 145 cm³/mol. The lowest BCUT2D eigenvalue weighted by Crippen LogP contribution is -2.63. The summed E-state index contributed by atoms with van der Waals surface area (Å²) in [6.07, 6.45) is 0.213. The lowest BCUT2D eigenvalue weighted by atomic mass is 9.58. The Morgan fingerprint density at radius 1 is 1.15 bits per heavy atom. The van der Waals surface area contributed by atoms with Crippen LogP contribution in [0.15, 0.2) is 59.1 Å². The number of amides is 1.